The third-order valence-corrected chi connectivity index (χ3v) is 5.27. The van der Waals surface area contributed by atoms with Crippen LogP contribution in [0.5, 0.6) is 0 Å². The maximum atomic E-state index is 12.6. The van der Waals surface area contributed by atoms with Crippen LogP contribution in [0.4, 0.5) is 0 Å². The lowest BCUT2D eigenvalue weighted by molar-refractivity contribution is 0.623. The van der Waals surface area contributed by atoms with Crippen molar-refractivity contribution in [1.29, 1.82) is 0 Å². The van der Waals surface area contributed by atoms with E-state index < -0.39 is 11.0 Å². The van der Waals surface area contributed by atoms with Crippen LogP contribution in [0.3, 0.4) is 0 Å². The summed E-state index contributed by atoms with van der Waals surface area (Å²) in [5.74, 6) is 0. The molecule has 0 heterocycles. The molecule has 0 aliphatic carbocycles. The van der Waals surface area contributed by atoms with Gasteiger partial charge < -0.3 is 0 Å². The Morgan fingerprint density at radius 2 is 1.73 bits per heavy atom. The van der Waals surface area contributed by atoms with Crippen molar-refractivity contribution in [3.05, 3.63) is 70.2 Å². The number of nitrogens with one attached hydrogen (secondary N) is 1. The van der Waals surface area contributed by atoms with E-state index in [1.807, 2.05) is 76.2 Å². The molecule has 2 rings (SSSR count). The SMILES string of the molecule is Cc1ccc([C@H](N[S@](=O)C(C)(C)C)c2ccccc2)c(Cl)c1. The Balaban J connectivity index is 2.44. The van der Waals surface area contributed by atoms with Gasteiger partial charge in [0.25, 0.3) is 0 Å². The molecule has 22 heavy (non-hydrogen) atoms. The summed E-state index contributed by atoms with van der Waals surface area (Å²) in [7, 11) is -1.19. The van der Waals surface area contributed by atoms with Gasteiger partial charge in [-0.15, -0.1) is 0 Å². The number of hydrogen-bond donors (Lipinski definition) is 1. The van der Waals surface area contributed by atoms with Crippen molar-refractivity contribution in [3.63, 3.8) is 0 Å². The Hall–Kier alpha value is -1.16. The highest BCUT2D eigenvalue weighted by atomic mass is 35.5. The standard InChI is InChI=1S/C18H22ClNOS/c1-13-10-11-15(16(19)12-13)17(14-8-6-5-7-9-14)20-22(21)18(2,3)4/h5-12,17,20H,1-4H3/t17-,22-/m1/s1. The normalized spacial score (nSPS) is 14.6. The van der Waals surface area contributed by atoms with Crippen LogP contribution in [0.15, 0.2) is 48.5 Å². The molecular weight excluding hydrogens is 314 g/mol. The maximum Gasteiger partial charge on any atom is 0.0979 e. The lowest BCUT2D eigenvalue weighted by Gasteiger charge is -2.25. The molecule has 118 valence electrons. The lowest BCUT2D eigenvalue weighted by atomic mass is 9.99. The first-order chi connectivity index (χ1) is 10.3. The number of halogens is 1. The van der Waals surface area contributed by atoms with Crippen LogP contribution >= 0.6 is 11.6 Å². The molecule has 2 aromatic carbocycles. The highest BCUT2D eigenvalue weighted by Crippen LogP contribution is 2.30. The van der Waals surface area contributed by atoms with Gasteiger partial charge in [0.15, 0.2) is 0 Å². The predicted molar refractivity (Wildman–Crippen MR) is 95.5 cm³/mol. The molecule has 2 atom stereocenters. The zero-order valence-corrected chi connectivity index (χ0v) is 15.0. The summed E-state index contributed by atoms with van der Waals surface area (Å²) in [6.07, 6.45) is 0. The van der Waals surface area contributed by atoms with Crippen LogP contribution in [0, 0.1) is 6.92 Å². The van der Waals surface area contributed by atoms with Crippen molar-refractivity contribution in [3.8, 4) is 0 Å². The van der Waals surface area contributed by atoms with Crippen LogP contribution < -0.4 is 4.72 Å². The zero-order chi connectivity index (χ0) is 16.3. The smallest absolute Gasteiger partial charge is 0.0979 e. The molecule has 0 saturated carbocycles. The minimum Gasteiger partial charge on any atom is -0.242 e. The van der Waals surface area contributed by atoms with E-state index in [0.29, 0.717) is 5.02 Å². The molecule has 0 aliphatic heterocycles. The summed E-state index contributed by atoms with van der Waals surface area (Å²) in [5.41, 5.74) is 3.10. The van der Waals surface area contributed by atoms with Crippen molar-refractivity contribution < 1.29 is 4.21 Å². The minimum absolute atomic E-state index is 0.200. The molecule has 0 spiro atoms. The van der Waals surface area contributed by atoms with Crippen molar-refractivity contribution >= 4 is 22.6 Å². The lowest BCUT2D eigenvalue weighted by Crippen LogP contribution is -2.36. The number of benzene rings is 2. The minimum atomic E-state index is -1.19. The largest absolute Gasteiger partial charge is 0.242 e. The number of aryl methyl sites for hydroxylation is 1. The van der Waals surface area contributed by atoms with E-state index in [0.717, 1.165) is 16.7 Å². The Morgan fingerprint density at radius 3 is 2.27 bits per heavy atom. The first kappa shape index (κ1) is 17.2. The second kappa shape index (κ2) is 6.95. The third kappa shape index (κ3) is 4.19. The van der Waals surface area contributed by atoms with Gasteiger partial charge in [0, 0.05) is 5.02 Å². The molecule has 0 radical (unpaired) electrons. The van der Waals surface area contributed by atoms with Crippen LogP contribution in [0.2, 0.25) is 5.02 Å². The molecular formula is C18H22ClNOS. The van der Waals surface area contributed by atoms with Gasteiger partial charge in [-0.25, -0.2) is 8.93 Å². The molecule has 4 heteroatoms. The molecule has 0 amide bonds. The van der Waals surface area contributed by atoms with Crippen molar-refractivity contribution in [2.24, 2.45) is 0 Å². The monoisotopic (exact) mass is 335 g/mol. The van der Waals surface area contributed by atoms with Crippen LogP contribution in [-0.2, 0) is 11.0 Å². The van der Waals surface area contributed by atoms with Gasteiger partial charge in [-0.3, -0.25) is 0 Å². The summed E-state index contributed by atoms with van der Waals surface area (Å²) in [4.78, 5) is 0. The van der Waals surface area contributed by atoms with Crippen molar-refractivity contribution in [2.45, 2.75) is 38.5 Å². The molecule has 0 aliphatic rings. The Bertz CT molecular complexity index is 665. The van der Waals surface area contributed by atoms with Gasteiger partial charge in [0.05, 0.1) is 21.8 Å². The molecule has 0 bridgehead atoms. The van der Waals surface area contributed by atoms with Crippen molar-refractivity contribution in [1.82, 2.24) is 4.72 Å². The van der Waals surface area contributed by atoms with Gasteiger partial charge >= 0.3 is 0 Å². The zero-order valence-electron chi connectivity index (χ0n) is 13.4. The highest BCUT2D eigenvalue weighted by molar-refractivity contribution is 7.84. The Labute approximate surface area is 140 Å². The van der Waals surface area contributed by atoms with Gasteiger partial charge in [-0.05, 0) is 50.5 Å². The molecule has 2 aromatic rings. The van der Waals surface area contributed by atoms with E-state index in [9.17, 15) is 4.21 Å². The van der Waals surface area contributed by atoms with E-state index in [1.54, 1.807) is 0 Å². The van der Waals surface area contributed by atoms with E-state index in [-0.39, 0.29) is 10.8 Å². The van der Waals surface area contributed by atoms with Crippen LogP contribution in [0.1, 0.15) is 43.5 Å². The van der Waals surface area contributed by atoms with Crippen molar-refractivity contribution in [2.75, 3.05) is 0 Å². The second-order valence-electron chi connectivity index (χ2n) is 6.37. The fourth-order valence-corrected chi connectivity index (χ4v) is 3.28. The first-order valence-corrected chi connectivity index (χ1v) is 8.81. The fraction of sp³-hybridized carbons (Fsp3) is 0.333. The average molecular weight is 336 g/mol. The van der Waals surface area contributed by atoms with E-state index in [2.05, 4.69) is 4.72 Å². The molecule has 1 N–H and O–H groups in total. The summed E-state index contributed by atoms with van der Waals surface area (Å²) >= 11 is 6.43. The third-order valence-electron chi connectivity index (χ3n) is 3.38. The Morgan fingerprint density at radius 1 is 1.09 bits per heavy atom. The summed E-state index contributed by atoms with van der Waals surface area (Å²) in [6.45, 7) is 7.87. The van der Waals surface area contributed by atoms with Crippen LogP contribution in [0.25, 0.3) is 0 Å². The number of hydrogen-bond acceptors (Lipinski definition) is 1. The molecule has 0 unspecified atom stereocenters. The second-order valence-corrected chi connectivity index (χ2v) is 8.77. The fourth-order valence-electron chi connectivity index (χ4n) is 2.11. The maximum absolute atomic E-state index is 12.6. The molecule has 2 nitrogen and oxygen atoms in total. The van der Waals surface area contributed by atoms with E-state index >= 15 is 0 Å². The van der Waals surface area contributed by atoms with Gasteiger partial charge in [-0.1, -0.05) is 54.1 Å². The van der Waals surface area contributed by atoms with Gasteiger partial charge in [0.1, 0.15) is 0 Å². The van der Waals surface area contributed by atoms with E-state index in [1.165, 1.54) is 0 Å². The van der Waals surface area contributed by atoms with E-state index in [4.69, 9.17) is 11.6 Å². The summed E-state index contributed by atoms with van der Waals surface area (Å²) < 4.78 is 15.5. The topological polar surface area (TPSA) is 29.1 Å². The summed E-state index contributed by atoms with van der Waals surface area (Å²) in [6, 6.07) is 15.7. The van der Waals surface area contributed by atoms with Gasteiger partial charge in [-0.2, -0.15) is 0 Å². The molecule has 0 aromatic heterocycles. The predicted octanol–water partition coefficient (Wildman–Crippen LogP) is 4.79. The van der Waals surface area contributed by atoms with Crippen LogP contribution in [-0.4, -0.2) is 8.96 Å². The first-order valence-electron chi connectivity index (χ1n) is 7.28. The average Bonchev–Trinajstić information content (AvgIpc) is 2.45. The quantitative estimate of drug-likeness (QED) is 0.855. The number of rotatable bonds is 4. The molecule has 0 saturated heterocycles. The van der Waals surface area contributed by atoms with Gasteiger partial charge in [0.2, 0.25) is 0 Å². The molecule has 0 fully saturated rings. The summed E-state index contributed by atoms with van der Waals surface area (Å²) in [5, 5.41) is 0.687. The highest BCUT2D eigenvalue weighted by Gasteiger charge is 2.25. The Kier molecular flexibility index (Phi) is 5.43.